The lowest BCUT2D eigenvalue weighted by Crippen LogP contribution is -2.14. The molecule has 2 aromatic heterocycles. The molecule has 0 N–H and O–H groups in total. The summed E-state index contributed by atoms with van der Waals surface area (Å²) in [7, 11) is 0. The molecule has 0 spiro atoms. The standard InChI is InChI=1S/C52H39F3N4/c1-28-9-16-44-38(21-28)39-22-29(2)10-17-45(39)58(44)48-20-13-35(50-33(6)32(5)43(27-56)34(7)51(50)52(53,54)55)25-42(48)37-15-14-36(57-8)26-49(37)59-46-18-11-30(3)23-40(46)41-24-31(4)12-19-47(41)59/h9-26H,1-7H3. The van der Waals surface area contributed by atoms with Crippen molar-refractivity contribution in [2.24, 2.45) is 0 Å². The molecular formula is C52H39F3N4. The third-order valence-electron chi connectivity index (χ3n) is 12.0. The summed E-state index contributed by atoms with van der Waals surface area (Å²) in [6, 6.07) is 38.7. The number of aryl methyl sites for hydroxylation is 4. The first-order valence-electron chi connectivity index (χ1n) is 19.5. The molecule has 0 atom stereocenters. The molecular weight excluding hydrogens is 738 g/mol. The Morgan fingerprint density at radius 2 is 1.00 bits per heavy atom. The first kappa shape index (κ1) is 37.5. The maximum Gasteiger partial charge on any atom is 0.417 e. The average molecular weight is 777 g/mol. The molecule has 7 heteroatoms. The van der Waals surface area contributed by atoms with Gasteiger partial charge in [0.05, 0.1) is 51.5 Å². The molecule has 0 unspecified atom stereocenters. The summed E-state index contributed by atoms with van der Waals surface area (Å²) in [6.45, 7) is 21.2. The van der Waals surface area contributed by atoms with Crippen molar-refractivity contribution in [3.63, 3.8) is 0 Å². The highest BCUT2D eigenvalue weighted by Gasteiger charge is 2.38. The van der Waals surface area contributed by atoms with Crippen LogP contribution in [0.3, 0.4) is 0 Å². The van der Waals surface area contributed by atoms with Gasteiger partial charge >= 0.3 is 6.18 Å². The van der Waals surface area contributed by atoms with E-state index >= 15 is 13.2 Å². The summed E-state index contributed by atoms with van der Waals surface area (Å²) < 4.78 is 50.3. The number of benzene rings is 7. The molecule has 9 aromatic rings. The van der Waals surface area contributed by atoms with E-state index in [-0.39, 0.29) is 16.7 Å². The zero-order valence-electron chi connectivity index (χ0n) is 33.8. The van der Waals surface area contributed by atoms with Gasteiger partial charge in [0, 0.05) is 38.4 Å². The normalized spacial score (nSPS) is 11.9. The van der Waals surface area contributed by atoms with E-state index in [2.05, 4.69) is 114 Å². The predicted octanol–water partition coefficient (Wildman–Crippen LogP) is 14.8. The van der Waals surface area contributed by atoms with Crippen molar-refractivity contribution in [1.82, 2.24) is 9.13 Å². The fourth-order valence-corrected chi connectivity index (χ4v) is 9.16. The molecule has 0 fully saturated rings. The molecule has 0 aliphatic rings. The Morgan fingerprint density at radius 3 is 1.44 bits per heavy atom. The quantitative estimate of drug-likeness (QED) is 0.164. The van der Waals surface area contributed by atoms with E-state index in [1.54, 1.807) is 26.0 Å². The zero-order chi connectivity index (χ0) is 41.7. The van der Waals surface area contributed by atoms with Gasteiger partial charge in [0.15, 0.2) is 5.69 Å². The fourth-order valence-electron chi connectivity index (χ4n) is 9.16. The average Bonchev–Trinajstić information content (AvgIpc) is 3.69. The van der Waals surface area contributed by atoms with Crippen LogP contribution in [-0.2, 0) is 6.18 Å². The Kier molecular flexibility index (Phi) is 8.58. The summed E-state index contributed by atoms with van der Waals surface area (Å²) in [6.07, 6.45) is -4.73. The monoisotopic (exact) mass is 776 g/mol. The maximum atomic E-state index is 15.3. The number of hydrogen-bond acceptors (Lipinski definition) is 1. The van der Waals surface area contributed by atoms with Gasteiger partial charge < -0.3 is 9.13 Å². The van der Waals surface area contributed by atoms with Crippen molar-refractivity contribution in [3.8, 4) is 39.7 Å². The molecule has 59 heavy (non-hydrogen) atoms. The fraction of sp³-hybridized carbons (Fsp3) is 0.154. The van der Waals surface area contributed by atoms with Crippen molar-refractivity contribution in [2.75, 3.05) is 0 Å². The van der Waals surface area contributed by atoms with E-state index in [9.17, 15) is 5.26 Å². The van der Waals surface area contributed by atoms with Crippen molar-refractivity contribution in [3.05, 3.63) is 171 Å². The lowest BCUT2D eigenvalue weighted by Gasteiger charge is -2.24. The lowest BCUT2D eigenvalue weighted by atomic mass is 9.84. The Balaban J connectivity index is 1.47. The Bertz CT molecular complexity index is 3240. The largest absolute Gasteiger partial charge is 0.417 e. The van der Waals surface area contributed by atoms with Crippen molar-refractivity contribution < 1.29 is 13.2 Å². The number of nitriles is 1. The van der Waals surface area contributed by atoms with Gasteiger partial charge in [-0.15, -0.1) is 0 Å². The highest BCUT2D eigenvalue weighted by Crippen LogP contribution is 2.48. The third-order valence-corrected chi connectivity index (χ3v) is 12.0. The molecule has 0 saturated heterocycles. The van der Waals surface area contributed by atoms with Gasteiger partial charge in [-0.1, -0.05) is 64.7 Å². The van der Waals surface area contributed by atoms with Crippen LogP contribution in [0.25, 0.3) is 82.1 Å². The van der Waals surface area contributed by atoms with Crippen LogP contribution in [-0.4, -0.2) is 9.13 Å². The number of nitrogens with zero attached hydrogens (tertiary/aromatic N) is 4. The molecule has 0 aliphatic heterocycles. The van der Waals surface area contributed by atoms with Gasteiger partial charge in [-0.2, -0.15) is 18.4 Å². The first-order valence-corrected chi connectivity index (χ1v) is 19.5. The molecule has 9 rings (SSSR count). The first-order chi connectivity index (χ1) is 28.2. The predicted molar refractivity (Wildman–Crippen MR) is 235 cm³/mol. The summed E-state index contributed by atoms with van der Waals surface area (Å²) in [5, 5.41) is 14.3. The van der Waals surface area contributed by atoms with E-state index in [1.165, 1.54) is 6.92 Å². The number of aromatic nitrogens is 2. The van der Waals surface area contributed by atoms with Crippen LogP contribution < -0.4 is 0 Å². The van der Waals surface area contributed by atoms with Crippen LogP contribution in [0.1, 0.15) is 50.1 Å². The van der Waals surface area contributed by atoms with Crippen LogP contribution in [0.4, 0.5) is 18.9 Å². The molecule has 4 nitrogen and oxygen atoms in total. The van der Waals surface area contributed by atoms with Crippen molar-refractivity contribution >= 4 is 49.3 Å². The smallest absolute Gasteiger partial charge is 0.310 e. The number of rotatable bonds is 4. The number of fused-ring (bicyclic) bond motifs is 6. The Labute approximate surface area is 340 Å². The van der Waals surface area contributed by atoms with E-state index in [0.29, 0.717) is 27.9 Å². The molecule has 0 amide bonds. The van der Waals surface area contributed by atoms with Gasteiger partial charge in [0.2, 0.25) is 0 Å². The van der Waals surface area contributed by atoms with E-state index in [1.807, 2.05) is 30.3 Å². The Hall–Kier alpha value is -7.09. The van der Waals surface area contributed by atoms with Gasteiger partial charge in [-0.05, 0) is 143 Å². The molecule has 0 saturated carbocycles. The minimum absolute atomic E-state index is 0.0418. The second-order valence-corrected chi connectivity index (χ2v) is 15.9. The SMILES string of the molecule is [C-]#[N+]c1ccc(-c2cc(-c3c(C)c(C)c(C#N)c(C)c3C(F)(F)F)ccc2-n2c3ccc(C)cc3c3cc(C)ccc32)c(-n2c3ccc(C)cc3c3cc(C)ccc32)c1. The number of alkyl halides is 3. The van der Waals surface area contributed by atoms with Crippen LogP contribution >= 0.6 is 0 Å². The highest BCUT2D eigenvalue weighted by molar-refractivity contribution is 6.12. The number of halogens is 3. The van der Waals surface area contributed by atoms with Crippen LogP contribution in [0, 0.1) is 66.4 Å². The van der Waals surface area contributed by atoms with E-state index < -0.39 is 11.7 Å². The zero-order valence-corrected chi connectivity index (χ0v) is 33.8. The summed E-state index contributed by atoms with van der Waals surface area (Å²) in [5.41, 5.74) is 12.2. The second kappa shape index (κ2) is 13.5. The molecule has 2 heterocycles. The van der Waals surface area contributed by atoms with Gasteiger partial charge in [0.1, 0.15) is 0 Å². The molecule has 288 valence electrons. The van der Waals surface area contributed by atoms with Gasteiger partial charge in [-0.3, -0.25) is 0 Å². The summed E-state index contributed by atoms with van der Waals surface area (Å²) in [5.74, 6) is 0. The summed E-state index contributed by atoms with van der Waals surface area (Å²) >= 11 is 0. The van der Waals surface area contributed by atoms with Crippen molar-refractivity contribution in [1.29, 1.82) is 5.26 Å². The van der Waals surface area contributed by atoms with Gasteiger partial charge in [-0.25, -0.2) is 4.85 Å². The second-order valence-electron chi connectivity index (χ2n) is 15.9. The minimum atomic E-state index is -4.73. The van der Waals surface area contributed by atoms with Crippen LogP contribution in [0.5, 0.6) is 0 Å². The van der Waals surface area contributed by atoms with E-state index in [0.717, 1.165) is 82.8 Å². The van der Waals surface area contributed by atoms with Gasteiger partial charge in [0.25, 0.3) is 0 Å². The molecule has 7 aromatic carbocycles. The maximum absolute atomic E-state index is 15.3. The van der Waals surface area contributed by atoms with Crippen LogP contribution in [0.2, 0.25) is 0 Å². The topological polar surface area (TPSA) is 38.0 Å². The summed E-state index contributed by atoms with van der Waals surface area (Å²) in [4.78, 5) is 3.87. The highest BCUT2D eigenvalue weighted by atomic mass is 19.4. The molecule has 0 bridgehead atoms. The van der Waals surface area contributed by atoms with Crippen LogP contribution in [0.15, 0.2) is 109 Å². The lowest BCUT2D eigenvalue weighted by molar-refractivity contribution is -0.137. The Morgan fingerprint density at radius 1 is 0.525 bits per heavy atom. The van der Waals surface area contributed by atoms with Crippen molar-refractivity contribution in [2.45, 2.75) is 54.6 Å². The third kappa shape index (κ3) is 5.80. The minimum Gasteiger partial charge on any atom is -0.310 e. The molecule has 0 radical (unpaired) electrons. The number of hydrogen-bond donors (Lipinski definition) is 0. The molecule has 0 aliphatic carbocycles. The van der Waals surface area contributed by atoms with E-state index in [4.69, 9.17) is 6.57 Å².